The Kier molecular flexibility index (Phi) is 5.75. The van der Waals surface area contributed by atoms with Gasteiger partial charge in [-0.1, -0.05) is 36.0 Å². The zero-order valence-corrected chi connectivity index (χ0v) is 18.9. The molecule has 9 heteroatoms. The third kappa shape index (κ3) is 3.21. The minimum atomic E-state index is -1.74. The minimum Gasteiger partial charge on any atom is -0.497 e. The molecule has 2 aliphatic heterocycles. The molecule has 0 bridgehead atoms. The normalized spacial score (nSPS) is 20.1. The number of para-hydroxylation sites is 1. The average molecular weight is 461 g/mol. The molecule has 0 aliphatic carbocycles. The van der Waals surface area contributed by atoms with Crippen LogP contribution in [0.5, 0.6) is 5.75 Å². The van der Waals surface area contributed by atoms with Gasteiger partial charge in [-0.2, -0.15) is 10.5 Å². The second-order valence-electron chi connectivity index (χ2n) is 7.35. The number of hydrogen-bond acceptors (Lipinski definition) is 9. The molecule has 0 amide bonds. The SMILES string of the molecule is COC(=O)C1=C(C(=O)OC)N2c3ccccc3S[C@H]2C(C#N)(C#N)[C@H]1c1ccc(OC)cc1. The first-order valence-corrected chi connectivity index (χ1v) is 10.8. The van der Waals surface area contributed by atoms with E-state index in [-0.39, 0.29) is 11.3 Å². The van der Waals surface area contributed by atoms with Crippen LogP contribution in [0, 0.1) is 28.1 Å². The van der Waals surface area contributed by atoms with E-state index in [2.05, 4.69) is 12.1 Å². The summed E-state index contributed by atoms with van der Waals surface area (Å²) in [5, 5.41) is 20.0. The summed E-state index contributed by atoms with van der Waals surface area (Å²) in [7, 11) is 3.92. The lowest BCUT2D eigenvalue weighted by Gasteiger charge is -2.45. The molecule has 33 heavy (non-hydrogen) atoms. The van der Waals surface area contributed by atoms with Crippen LogP contribution in [0.1, 0.15) is 11.5 Å². The summed E-state index contributed by atoms with van der Waals surface area (Å²) in [5.74, 6) is -2.10. The number of nitrogens with zero attached hydrogens (tertiary/aromatic N) is 3. The van der Waals surface area contributed by atoms with Gasteiger partial charge in [-0.15, -0.1) is 0 Å². The van der Waals surface area contributed by atoms with Gasteiger partial charge in [0.2, 0.25) is 0 Å². The molecule has 2 aromatic carbocycles. The molecule has 8 nitrogen and oxygen atoms in total. The summed E-state index contributed by atoms with van der Waals surface area (Å²) >= 11 is 1.30. The largest absolute Gasteiger partial charge is 0.497 e. The first-order valence-electron chi connectivity index (χ1n) is 9.89. The van der Waals surface area contributed by atoms with Crippen molar-refractivity contribution in [2.75, 3.05) is 26.2 Å². The van der Waals surface area contributed by atoms with Crippen molar-refractivity contribution in [3.63, 3.8) is 0 Å². The maximum absolute atomic E-state index is 13.2. The highest BCUT2D eigenvalue weighted by Crippen LogP contribution is 2.60. The predicted octanol–water partition coefficient (Wildman–Crippen LogP) is 3.36. The van der Waals surface area contributed by atoms with Gasteiger partial charge in [0.15, 0.2) is 5.41 Å². The quantitative estimate of drug-likeness (QED) is 0.632. The van der Waals surface area contributed by atoms with Gasteiger partial charge in [-0.3, -0.25) is 0 Å². The van der Waals surface area contributed by atoms with Crippen LogP contribution >= 0.6 is 11.8 Å². The van der Waals surface area contributed by atoms with Gasteiger partial charge in [-0.05, 0) is 29.8 Å². The van der Waals surface area contributed by atoms with Gasteiger partial charge in [0.25, 0.3) is 0 Å². The van der Waals surface area contributed by atoms with Crippen LogP contribution in [0.15, 0.2) is 64.7 Å². The van der Waals surface area contributed by atoms with E-state index in [1.165, 1.54) is 33.1 Å². The van der Waals surface area contributed by atoms with Crippen molar-refractivity contribution in [1.82, 2.24) is 0 Å². The van der Waals surface area contributed by atoms with Gasteiger partial charge >= 0.3 is 11.9 Å². The molecule has 0 radical (unpaired) electrons. The number of hydrogen-bond donors (Lipinski definition) is 0. The summed E-state index contributed by atoms with van der Waals surface area (Å²) in [6.45, 7) is 0. The number of anilines is 1. The van der Waals surface area contributed by atoms with Crippen molar-refractivity contribution in [2.45, 2.75) is 16.2 Å². The maximum atomic E-state index is 13.2. The second-order valence-corrected chi connectivity index (χ2v) is 8.47. The number of thioether (sulfide) groups is 1. The number of fused-ring (bicyclic) bond motifs is 3. The molecule has 4 rings (SSSR count). The van der Waals surface area contributed by atoms with E-state index in [0.717, 1.165) is 4.90 Å². The Bertz CT molecular complexity index is 1230. The monoisotopic (exact) mass is 461 g/mol. The van der Waals surface area contributed by atoms with Crippen LogP contribution in [0.3, 0.4) is 0 Å². The van der Waals surface area contributed by atoms with E-state index in [9.17, 15) is 20.1 Å². The zero-order chi connectivity index (χ0) is 23.8. The van der Waals surface area contributed by atoms with E-state index in [1.54, 1.807) is 41.3 Å². The van der Waals surface area contributed by atoms with E-state index >= 15 is 0 Å². The summed E-state index contributed by atoms with van der Waals surface area (Å²) in [4.78, 5) is 28.6. The van der Waals surface area contributed by atoms with Crippen molar-refractivity contribution in [3.8, 4) is 17.9 Å². The van der Waals surface area contributed by atoms with E-state index in [0.29, 0.717) is 17.0 Å². The molecule has 2 aromatic rings. The standard InChI is InChI=1S/C24H19N3O5S/c1-30-15-10-8-14(9-11-15)19-18(21(28)31-2)20(22(29)32-3)27-16-6-4-5-7-17(16)33-23(27)24(19,12-25)13-26/h4-11,19,23H,1-3H3/t19-,23-/m0/s1. The Hall–Kier alpha value is -3.95. The number of carbonyl (C=O) groups excluding carboxylic acids is 2. The van der Waals surface area contributed by atoms with Crippen LogP contribution in [-0.4, -0.2) is 38.6 Å². The predicted molar refractivity (Wildman–Crippen MR) is 119 cm³/mol. The Balaban J connectivity index is 2.11. The molecule has 0 saturated carbocycles. The summed E-state index contributed by atoms with van der Waals surface area (Å²) < 4.78 is 15.3. The Labute approximate surface area is 194 Å². The molecule has 0 fully saturated rings. The summed E-state index contributed by atoms with van der Waals surface area (Å²) in [6.07, 6.45) is 0. The number of carbonyl (C=O) groups is 2. The zero-order valence-electron chi connectivity index (χ0n) is 18.1. The smallest absolute Gasteiger partial charge is 0.355 e. The molecule has 2 aliphatic rings. The van der Waals surface area contributed by atoms with Crippen molar-refractivity contribution in [3.05, 3.63) is 65.4 Å². The third-order valence-electron chi connectivity index (χ3n) is 5.83. The summed E-state index contributed by atoms with van der Waals surface area (Å²) in [5.41, 5.74) is -0.784. The van der Waals surface area contributed by atoms with E-state index in [4.69, 9.17) is 14.2 Å². The van der Waals surface area contributed by atoms with Crippen LogP contribution in [0.2, 0.25) is 0 Å². The molecule has 0 unspecified atom stereocenters. The molecule has 0 spiro atoms. The Morgan fingerprint density at radius 2 is 1.61 bits per heavy atom. The second kappa shape index (κ2) is 8.53. The Morgan fingerprint density at radius 3 is 2.18 bits per heavy atom. The van der Waals surface area contributed by atoms with Gasteiger partial charge in [0.1, 0.15) is 16.8 Å². The number of methoxy groups -OCH3 is 3. The molecule has 2 atom stereocenters. The average Bonchev–Trinajstić information content (AvgIpc) is 3.26. The van der Waals surface area contributed by atoms with Gasteiger partial charge in [-0.25, -0.2) is 9.59 Å². The van der Waals surface area contributed by atoms with Crippen LogP contribution < -0.4 is 9.64 Å². The highest BCUT2D eigenvalue weighted by atomic mass is 32.2. The Morgan fingerprint density at radius 1 is 0.970 bits per heavy atom. The van der Waals surface area contributed by atoms with Crippen molar-refractivity contribution < 1.29 is 23.8 Å². The first-order chi connectivity index (χ1) is 16.0. The fourth-order valence-corrected chi connectivity index (χ4v) is 5.78. The number of ether oxygens (including phenoxy) is 3. The highest BCUT2D eigenvalue weighted by Gasteiger charge is 2.62. The fraction of sp³-hybridized carbons (Fsp3) is 0.250. The van der Waals surface area contributed by atoms with Crippen LogP contribution in [0.4, 0.5) is 5.69 Å². The lowest BCUT2D eigenvalue weighted by molar-refractivity contribution is -0.140. The van der Waals surface area contributed by atoms with Gasteiger partial charge in [0.05, 0.1) is 50.6 Å². The number of nitriles is 2. The first kappa shape index (κ1) is 22.3. The molecule has 0 aromatic heterocycles. The van der Waals surface area contributed by atoms with E-state index < -0.39 is 28.6 Å². The third-order valence-corrected chi connectivity index (χ3v) is 7.24. The number of esters is 2. The molecule has 0 saturated heterocycles. The molecule has 0 N–H and O–H groups in total. The number of rotatable bonds is 4. The van der Waals surface area contributed by atoms with Crippen LogP contribution in [-0.2, 0) is 19.1 Å². The van der Waals surface area contributed by atoms with Crippen molar-refractivity contribution in [2.24, 2.45) is 5.41 Å². The van der Waals surface area contributed by atoms with Crippen molar-refractivity contribution in [1.29, 1.82) is 10.5 Å². The maximum Gasteiger partial charge on any atom is 0.355 e. The van der Waals surface area contributed by atoms with Gasteiger partial charge in [0, 0.05) is 4.90 Å². The van der Waals surface area contributed by atoms with E-state index in [1.807, 2.05) is 12.1 Å². The molecule has 2 heterocycles. The minimum absolute atomic E-state index is 0.0475. The number of benzene rings is 2. The molecular weight excluding hydrogens is 442 g/mol. The van der Waals surface area contributed by atoms with Crippen molar-refractivity contribution >= 4 is 29.4 Å². The fourth-order valence-electron chi connectivity index (χ4n) is 4.35. The lowest BCUT2D eigenvalue weighted by atomic mass is 9.66. The molecular formula is C24H19N3O5S. The summed E-state index contributed by atoms with van der Waals surface area (Å²) in [6, 6.07) is 18.3. The highest BCUT2D eigenvalue weighted by molar-refractivity contribution is 8.00. The van der Waals surface area contributed by atoms with Gasteiger partial charge < -0.3 is 19.1 Å². The topological polar surface area (TPSA) is 113 Å². The lowest BCUT2D eigenvalue weighted by Crippen LogP contribution is -2.53. The van der Waals surface area contributed by atoms with Crippen LogP contribution in [0.25, 0.3) is 0 Å². The molecule has 166 valence electrons.